The van der Waals surface area contributed by atoms with E-state index in [-0.39, 0.29) is 29.4 Å². The smallest absolute Gasteiger partial charge is 0.387 e. The first-order chi connectivity index (χ1) is 22.3. The molecule has 2 fully saturated rings. The van der Waals surface area contributed by atoms with Gasteiger partial charge in [0.25, 0.3) is 5.91 Å². The summed E-state index contributed by atoms with van der Waals surface area (Å²) in [7, 11) is 1.25. The first-order valence-corrected chi connectivity index (χ1v) is 14.9. The third-order valence-electron chi connectivity index (χ3n) is 7.71. The second kappa shape index (κ2) is 14.3. The topological polar surface area (TPSA) is 185 Å². The predicted molar refractivity (Wildman–Crippen MR) is 159 cm³/mol. The van der Waals surface area contributed by atoms with Crippen molar-refractivity contribution in [3.05, 3.63) is 77.2 Å². The Morgan fingerprint density at radius 2 is 1.72 bits per heavy atom. The molecule has 15 heteroatoms. The fraction of sp³-hybridized carbons (Fsp3) is 0.469. The van der Waals surface area contributed by atoms with Gasteiger partial charge in [-0.1, -0.05) is 18.2 Å². The minimum Gasteiger partial charge on any atom is -0.487 e. The van der Waals surface area contributed by atoms with E-state index in [0.29, 0.717) is 12.1 Å². The zero-order valence-corrected chi connectivity index (χ0v) is 25.8. The van der Waals surface area contributed by atoms with Gasteiger partial charge in [0, 0.05) is 31.4 Å². The standard InChI is InChI=1S/C32H36F2N4O9/c1-32(2,43)23-10-6-18(15-36-23)20(17-5-9-21(45-31(33)34)22(13-17)44-19-7-8-19)12-16-4-11-24(37-14-16)46-30-27(41)25(39)26(40)28(47-30)29(42)38-35-3/h4-6,9-11,13-15,19-20,25-28,30-31,39-41,43H,7-8,12H2,1-3H3/t20-,25+,26-,27?,28?,30+/m0/s1. The molecule has 252 valence electrons. The van der Waals surface area contributed by atoms with E-state index >= 15 is 0 Å². The van der Waals surface area contributed by atoms with Crippen LogP contribution >= 0.6 is 0 Å². The number of amides is 1. The average Bonchev–Trinajstić information content (AvgIpc) is 3.85. The number of nitrogens with zero attached hydrogens (tertiary/aromatic N) is 4. The van der Waals surface area contributed by atoms with E-state index in [2.05, 4.69) is 20.2 Å². The molecule has 1 aromatic carbocycles. The molecule has 0 radical (unpaired) electrons. The maximum Gasteiger partial charge on any atom is 0.387 e. The van der Waals surface area contributed by atoms with E-state index in [0.717, 1.165) is 29.5 Å². The zero-order chi connectivity index (χ0) is 33.9. The minimum atomic E-state index is -3.02. The van der Waals surface area contributed by atoms with Crippen molar-refractivity contribution in [2.45, 2.75) is 88.1 Å². The molecule has 1 aliphatic heterocycles. The summed E-state index contributed by atoms with van der Waals surface area (Å²) in [6.45, 7) is 0.226. The molecule has 13 nitrogen and oxygen atoms in total. The predicted octanol–water partition coefficient (Wildman–Crippen LogP) is 3.02. The average molecular weight is 659 g/mol. The molecule has 0 spiro atoms. The van der Waals surface area contributed by atoms with Crippen LogP contribution in [0.15, 0.2) is 65.1 Å². The highest BCUT2D eigenvalue weighted by molar-refractivity contribution is 5.82. The third kappa shape index (κ3) is 8.42. The van der Waals surface area contributed by atoms with Gasteiger partial charge in [0.1, 0.15) is 23.9 Å². The molecule has 2 aliphatic rings. The van der Waals surface area contributed by atoms with Crippen molar-refractivity contribution < 1.29 is 52.9 Å². The highest BCUT2D eigenvalue weighted by Gasteiger charge is 2.48. The molecule has 6 atom stereocenters. The Balaban J connectivity index is 1.40. The number of hydrogen-bond donors (Lipinski definition) is 4. The molecule has 3 heterocycles. The number of aliphatic hydroxyl groups excluding tert-OH is 3. The van der Waals surface area contributed by atoms with Gasteiger partial charge in [0.15, 0.2) is 17.6 Å². The van der Waals surface area contributed by atoms with Crippen LogP contribution < -0.4 is 14.2 Å². The molecule has 5 rings (SSSR count). The zero-order valence-electron chi connectivity index (χ0n) is 25.8. The number of halogens is 2. The molecule has 4 N–H and O–H groups in total. The van der Waals surface area contributed by atoms with E-state index in [4.69, 9.17) is 18.9 Å². The van der Waals surface area contributed by atoms with Gasteiger partial charge in [-0.15, -0.1) is 5.11 Å². The number of ether oxygens (including phenoxy) is 4. The summed E-state index contributed by atoms with van der Waals surface area (Å²) < 4.78 is 47.9. The molecule has 2 aromatic heterocycles. The number of hydrogen-bond acceptors (Lipinski definition) is 12. The van der Waals surface area contributed by atoms with Gasteiger partial charge in [-0.2, -0.15) is 13.9 Å². The Morgan fingerprint density at radius 1 is 0.979 bits per heavy atom. The fourth-order valence-electron chi connectivity index (χ4n) is 5.05. The lowest BCUT2D eigenvalue weighted by molar-refractivity contribution is -0.266. The van der Waals surface area contributed by atoms with Gasteiger partial charge in [0.05, 0.1) is 11.8 Å². The fourth-order valence-corrected chi connectivity index (χ4v) is 5.05. The van der Waals surface area contributed by atoms with Gasteiger partial charge < -0.3 is 39.4 Å². The molecular formula is C32H36F2N4O9. The number of pyridine rings is 2. The molecule has 1 amide bonds. The van der Waals surface area contributed by atoms with Crippen LogP contribution in [0.3, 0.4) is 0 Å². The number of aliphatic hydroxyl groups is 4. The largest absolute Gasteiger partial charge is 0.487 e. The lowest BCUT2D eigenvalue weighted by Crippen LogP contribution is -2.61. The normalized spacial score (nSPS) is 23.9. The van der Waals surface area contributed by atoms with Gasteiger partial charge in [-0.3, -0.25) is 9.78 Å². The number of alkyl halides is 2. The van der Waals surface area contributed by atoms with E-state index in [1.165, 1.54) is 25.4 Å². The minimum absolute atomic E-state index is 0.00827. The van der Waals surface area contributed by atoms with Crippen LogP contribution in [-0.2, 0) is 21.6 Å². The number of benzene rings is 1. The summed E-state index contributed by atoms with van der Waals surface area (Å²) in [5.74, 6) is -1.20. The Kier molecular flexibility index (Phi) is 10.4. The number of carbonyl (C=O) groups excluding carboxylic acids is 1. The van der Waals surface area contributed by atoms with Crippen molar-refractivity contribution >= 4 is 5.91 Å². The highest BCUT2D eigenvalue weighted by Crippen LogP contribution is 2.39. The summed E-state index contributed by atoms with van der Waals surface area (Å²) >= 11 is 0. The first-order valence-electron chi connectivity index (χ1n) is 14.9. The van der Waals surface area contributed by atoms with Crippen molar-refractivity contribution in [3.8, 4) is 17.4 Å². The quantitative estimate of drug-likeness (QED) is 0.210. The van der Waals surface area contributed by atoms with Gasteiger partial charge in [-0.25, -0.2) is 4.98 Å². The Labute approximate surface area is 268 Å². The lowest BCUT2D eigenvalue weighted by atomic mass is 9.86. The summed E-state index contributed by atoms with van der Waals surface area (Å²) in [6.07, 6.45) is -3.33. The summed E-state index contributed by atoms with van der Waals surface area (Å²) in [5, 5.41) is 47.9. The lowest BCUT2D eigenvalue weighted by Gasteiger charge is -2.38. The van der Waals surface area contributed by atoms with Crippen LogP contribution in [0.1, 0.15) is 55.0 Å². The third-order valence-corrected chi connectivity index (χ3v) is 7.71. The Bertz CT molecular complexity index is 1550. The molecule has 3 aromatic rings. The number of carbonyl (C=O) groups is 1. The number of aromatic nitrogens is 2. The Morgan fingerprint density at radius 3 is 2.32 bits per heavy atom. The molecule has 1 saturated heterocycles. The van der Waals surface area contributed by atoms with Gasteiger partial charge >= 0.3 is 6.61 Å². The maximum atomic E-state index is 13.1. The van der Waals surface area contributed by atoms with Crippen LogP contribution in [0.4, 0.5) is 8.78 Å². The van der Waals surface area contributed by atoms with Crippen LogP contribution in [0, 0.1) is 0 Å². The van der Waals surface area contributed by atoms with Crippen molar-refractivity contribution in [3.63, 3.8) is 0 Å². The summed E-state index contributed by atoms with van der Waals surface area (Å²) in [6, 6.07) is 11.5. The molecule has 0 bridgehead atoms. The van der Waals surface area contributed by atoms with Gasteiger partial charge in [0.2, 0.25) is 12.2 Å². The van der Waals surface area contributed by atoms with Crippen LogP contribution in [0.2, 0.25) is 0 Å². The monoisotopic (exact) mass is 658 g/mol. The van der Waals surface area contributed by atoms with E-state index in [9.17, 15) is 34.0 Å². The SMILES string of the molecule is CN=NC(=O)C1O[C@@H](Oc2ccc(C[C@H](c3ccc(C(C)(C)O)nc3)c3ccc(OC(F)F)c(OC4CC4)c3)cn2)C(O)[C@H](O)[C@@H]1O. The maximum absolute atomic E-state index is 13.1. The van der Waals surface area contributed by atoms with E-state index < -0.39 is 48.8 Å². The second-order valence-corrected chi connectivity index (χ2v) is 11.9. The molecule has 1 aliphatic carbocycles. The molecule has 2 unspecified atom stereocenters. The first kappa shape index (κ1) is 34.2. The molecule has 1 saturated carbocycles. The van der Waals surface area contributed by atoms with Crippen molar-refractivity contribution in [2.75, 3.05) is 7.05 Å². The number of azo groups is 1. The van der Waals surface area contributed by atoms with Crippen LogP contribution in [0.25, 0.3) is 0 Å². The van der Waals surface area contributed by atoms with E-state index in [1.807, 2.05) is 6.07 Å². The summed E-state index contributed by atoms with van der Waals surface area (Å²) in [5.41, 5.74) is 1.53. The second-order valence-electron chi connectivity index (χ2n) is 11.9. The summed E-state index contributed by atoms with van der Waals surface area (Å²) in [4.78, 5) is 20.9. The van der Waals surface area contributed by atoms with Crippen molar-refractivity contribution in [1.29, 1.82) is 0 Å². The highest BCUT2D eigenvalue weighted by atomic mass is 19.3. The van der Waals surface area contributed by atoms with E-state index in [1.54, 1.807) is 44.3 Å². The number of rotatable bonds is 12. The van der Waals surface area contributed by atoms with Crippen LogP contribution in [-0.4, -0.2) is 86.8 Å². The van der Waals surface area contributed by atoms with Crippen LogP contribution in [0.5, 0.6) is 17.4 Å². The Hall–Kier alpha value is -4.15. The van der Waals surface area contributed by atoms with Crippen molar-refractivity contribution in [1.82, 2.24) is 9.97 Å². The van der Waals surface area contributed by atoms with Gasteiger partial charge in [-0.05, 0) is 68.0 Å². The van der Waals surface area contributed by atoms with Crippen molar-refractivity contribution in [2.24, 2.45) is 10.2 Å². The molecular weight excluding hydrogens is 622 g/mol. The molecule has 47 heavy (non-hydrogen) atoms.